The minimum atomic E-state index is -4.39. The van der Waals surface area contributed by atoms with Gasteiger partial charge in [-0.1, -0.05) is 30.3 Å². The number of alkyl halides is 3. The zero-order valence-electron chi connectivity index (χ0n) is 15.1. The Kier molecular flexibility index (Phi) is 4.55. The van der Waals surface area contributed by atoms with E-state index in [1.165, 1.54) is 6.07 Å². The Hall–Kier alpha value is -3.28. The molecule has 0 fully saturated rings. The molecule has 2 N–H and O–H groups in total. The average molecular weight is 381 g/mol. The zero-order valence-corrected chi connectivity index (χ0v) is 15.1. The molecule has 0 spiro atoms. The predicted octanol–water partition coefficient (Wildman–Crippen LogP) is 6.09. The molecule has 0 aliphatic heterocycles. The van der Waals surface area contributed by atoms with Crippen molar-refractivity contribution in [1.29, 1.82) is 0 Å². The fraction of sp³-hybridized carbons (Fsp3) is 0.136. The summed E-state index contributed by atoms with van der Waals surface area (Å²) in [6.07, 6.45) is -0.988. The molecule has 142 valence electrons. The lowest BCUT2D eigenvalue weighted by molar-refractivity contribution is -0.137. The number of fused-ring (bicyclic) bond motifs is 1. The van der Waals surface area contributed by atoms with E-state index in [1.54, 1.807) is 18.5 Å². The molecule has 0 amide bonds. The highest BCUT2D eigenvalue weighted by molar-refractivity contribution is 5.86. The van der Waals surface area contributed by atoms with Gasteiger partial charge in [-0.15, -0.1) is 0 Å². The second-order valence-electron chi connectivity index (χ2n) is 6.65. The smallest absolute Gasteiger partial charge is 0.374 e. The van der Waals surface area contributed by atoms with Crippen molar-refractivity contribution in [2.45, 2.75) is 19.1 Å². The summed E-state index contributed by atoms with van der Waals surface area (Å²) in [5.41, 5.74) is 3.50. The molecular weight excluding hydrogens is 363 g/mol. The molecule has 2 heterocycles. The van der Waals surface area contributed by atoms with Gasteiger partial charge in [0, 0.05) is 40.2 Å². The Morgan fingerprint density at radius 2 is 1.82 bits per heavy atom. The van der Waals surface area contributed by atoms with Gasteiger partial charge in [-0.3, -0.25) is 4.98 Å². The molecule has 2 aromatic heterocycles. The van der Waals surface area contributed by atoms with Crippen LogP contribution in [0.1, 0.15) is 28.4 Å². The van der Waals surface area contributed by atoms with Crippen molar-refractivity contribution in [3.63, 3.8) is 0 Å². The van der Waals surface area contributed by atoms with Gasteiger partial charge in [0.05, 0.1) is 11.6 Å². The van der Waals surface area contributed by atoms with Gasteiger partial charge in [-0.25, -0.2) is 0 Å². The molecule has 2 aromatic carbocycles. The zero-order chi connectivity index (χ0) is 19.7. The highest BCUT2D eigenvalue weighted by atomic mass is 19.4. The van der Waals surface area contributed by atoms with Crippen molar-refractivity contribution < 1.29 is 13.2 Å². The van der Waals surface area contributed by atoms with Crippen LogP contribution in [0.2, 0.25) is 0 Å². The molecule has 0 aliphatic rings. The third kappa shape index (κ3) is 3.45. The third-order valence-electron chi connectivity index (χ3n) is 4.75. The number of benzene rings is 2. The molecule has 0 unspecified atom stereocenters. The predicted molar refractivity (Wildman–Crippen MR) is 104 cm³/mol. The number of anilines is 1. The normalized spacial score (nSPS) is 12.9. The number of nitrogens with zero attached hydrogens (tertiary/aromatic N) is 1. The lowest BCUT2D eigenvalue weighted by Gasteiger charge is -2.22. The minimum absolute atomic E-state index is 0.353. The highest BCUT2D eigenvalue weighted by Crippen LogP contribution is 2.36. The molecule has 0 saturated carbocycles. The monoisotopic (exact) mass is 381 g/mol. The largest absolute Gasteiger partial charge is 0.416 e. The van der Waals surface area contributed by atoms with Crippen LogP contribution in [0.25, 0.3) is 10.9 Å². The van der Waals surface area contributed by atoms with Gasteiger partial charge in [0.2, 0.25) is 0 Å². The van der Waals surface area contributed by atoms with Crippen molar-refractivity contribution in [2.24, 2.45) is 0 Å². The number of rotatable bonds is 4. The molecule has 28 heavy (non-hydrogen) atoms. The van der Waals surface area contributed by atoms with Crippen molar-refractivity contribution in [2.75, 3.05) is 5.32 Å². The summed E-state index contributed by atoms with van der Waals surface area (Å²) >= 11 is 0. The summed E-state index contributed by atoms with van der Waals surface area (Å²) in [4.78, 5) is 7.55. The fourth-order valence-corrected chi connectivity index (χ4v) is 3.49. The number of hydrogen-bond donors (Lipinski definition) is 2. The lowest BCUT2D eigenvalue weighted by Crippen LogP contribution is -2.14. The number of nitrogens with one attached hydrogen (secondary N) is 2. The van der Waals surface area contributed by atoms with E-state index in [1.807, 2.05) is 43.3 Å². The first-order chi connectivity index (χ1) is 13.4. The Morgan fingerprint density at radius 3 is 2.57 bits per heavy atom. The summed E-state index contributed by atoms with van der Waals surface area (Å²) in [5, 5.41) is 4.30. The standard InChI is InChI=1S/C22H18F3N3/c1-14-20(18-9-2-3-10-19(18)27-14)21(15-6-5-11-26-13-15)28-17-8-4-7-16(12-17)22(23,24)25/h2-13,21,27-28H,1H3/t21-/m0/s1. The van der Waals surface area contributed by atoms with E-state index in [0.717, 1.165) is 39.9 Å². The van der Waals surface area contributed by atoms with Crippen molar-refractivity contribution in [3.05, 3.63) is 95.4 Å². The molecule has 0 aliphatic carbocycles. The third-order valence-corrected chi connectivity index (χ3v) is 4.75. The average Bonchev–Trinajstić information content (AvgIpc) is 3.02. The van der Waals surface area contributed by atoms with E-state index in [9.17, 15) is 13.2 Å². The van der Waals surface area contributed by atoms with Gasteiger partial charge < -0.3 is 10.3 Å². The van der Waals surface area contributed by atoms with E-state index in [-0.39, 0.29) is 6.04 Å². The van der Waals surface area contributed by atoms with Crippen molar-refractivity contribution >= 4 is 16.6 Å². The number of aryl methyl sites for hydroxylation is 1. The molecule has 0 saturated heterocycles. The summed E-state index contributed by atoms with van der Waals surface area (Å²) in [6, 6.07) is 16.5. The highest BCUT2D eigenvalue weighted by Gasteiger charge is 2.31. The number of H-pyrrole nitrogens is 1. The Balaban J connectivity index is 1.83. The number of aromatic amines is 1. The van der Waals surface area contributed by atoms with E-state index in [0.29, 0.717) is 5.69 Å². The molecular formula is C22H18F3N3. The lowest BCUT2D eigenvalue weighted by atomic mass is 9.96. The van der Waals surface area contributed by atoms with Crippen LogP contribution in [0.3, 0.4) is 0 Å². The van der Waals surface area contributed by atoms with Crippen molar-refractivity contribution in [3.8, 4) is 0 Å². The van der Waals surface area contributed by atoms with Gasteiger partial charge in [0.15, 0.2) is 0 Å². The van der Waals surface area contributed by atoms with Crippen LogP contribution in [-0.2, 0) is 6.18 Å². The molecule has 1 atom stereocenters. The Labute approximate surface area is 160 Å². The summed E-state index contributed by atoms with van der Waals surface area (Å²) in [5.74, 6) is 0. The Bertz CT molecular complexity index is 1100. The van der Waals surface area contributed by atoms with Gasteiger partial charge >= 0.3 is 6.18 Å². The maximum atomic E-state index is 13.1. The number of pyridine rings is 1. The van der Waals surface area contributed by atoms with Crippen LogP contribution in [0.4, 0.5) is 18.9 Å². The SMILES string of the molecule is Cc1[nH]c2ccccc2c1[C@@H](Nc1cccc(C(F)(F)F)c1)c1cccnc1. The Morgan fingerprint density at radius 1 is 1.00 bits per heavy atom. The van der Waals surface area contributed by atoms with Crippen LogP contribution in [-0.4, -0.2) is 9.97 Å². The molecule has 4 rings (SSSR count). The first-order valence-corrected chi connectivity index (χ1v) is 8.84. The maximum absolute atomic E-state index is 13.1. The molecule has 0 bridgehead atoms. The summed E-state index contributed by atoms with van der Waals surface area (Å²) < 4.78 is 39.4. The molecule has 3 nitrogen and oxygen atoms in total. The van der Waals surface area contributed by atoms with Crippen LogP contribution in [0, 0.1) is 6.92 Å². The van der Waals surface area contributed by atoms with Gasteiger partial charge in [0.25, 0.3) is 0 Å². The van der Waals surface area contributed by atoms with Crippen molar-refractivity contribution in [1.82, 2.24) is 9.97 Å². The maximum Gasteiger partial charge on any atom is 0.416 e. The summed E-state index contributed by atoms with van der Waals surface area (Å²) in [6.45, 7) is 1.96. The van der Waals surface area contributed by atoms with E-state index >= 15 is 0 Å². The van der Waals surface area contributed by atoms with E-state index in [2.05, 4.69) is 15.3 Å². The van der Waals surface area contributed by atoms with E-state index < -0.39 is 11.7 Å². The van der Waals surface area contributed by atoms with Crippen LogP contribution >= 0.6 is 0 Å². The first kappa shape index (κ1) is 18.1. The quantitative estimate of drug-likeness (QED) is 0.449. The fourth-order valence-electron chi connectivity index (χ4n) is 3.49. The molecule has 4 aromatic rings. The molecule has 0 radical (unpaired) electrons. The van der Waals surface area contributed by atoms with Gasteiger partial charge in [-0.05, 0) is 42.8 Å². The van der Waals surface area contributed by atoms with E-state index in [4.69, 9.17) is 0 Å². The number of hydrogen-bond acceptors (Lipinski definition) is 2. The first-order valence-electron chi connectivity index (χ1n) is 8.84. The van der Waals surface area contributed by atoms with Gasteiger partial charge in [-0.2, -0.15) is 13.2 Å². The molecule has 6 heteroatoms. The topological polar surface area (TPSA) is 40.7 Å². The number of halogens is 3. The number of para-hydroxylation sites is 1. The van der Waals surface area contributed by atoms with Crippen LogP contribution < -0.4 is 5.32 Å². The number of aromatic nitrogens is 2. The second-order valence-corrected chi connectivity index (χ2v) is 6.65. The van der Waals surface area contributed by atoms with Gasteiger partial charge in [0.1, 0.15) is 0 Å². The van der Waals surface area contributed by atoms with Crippen LogP contribution in [0.5, 0.6) is 0 Å². The summed E-state index contributed by atoms with van der Waals surface area (Å²) in [7, 11) is 0. The van der Waals surface area contributed by atoms with Crippen LogP contribution in [0.15, 0.2) is 73.1 Å². The minimum Gasteiger partial charge on any atom is -0.374 e. The second kappa shape index (κ2) is 7.03.